The van der Waals surface area contributed by atoms with E-state index in [0.717, 1.165) is 16.2 Å². The highest BCUT2D eigenvalue weighted by atomic mass is 79.9. The Hall–Kier alpha value is -0.0300. The molecule has 1 aromatic rings. The number of halogens is 1. The topological polar surface area (TPSA) is 30.7 Å². The smallest absolute Gasteiger partial charge is 0.190 e. The van der Waals surface area contributed by atoms with Crippen LogP contribution in [0.1, 0.15) is 32.1 Å². The molecule has 0 amide bonds. The second-order valence-electron chi connectivity index (χ2n) is 4.71. The summed E-state index contributed by atoms with van der Waals surface area (Å²) in [5, 5.41) is 10.2. The Morgan fingerprint density at radius 1 is 1.44 bits per heavy atom. The summed E-state index contributed by atoms with van der Waals surface area (Å²) in [5.74, 6) is 1.16. The Balaban J connectivity index is 1.94. The molecule has 1 saturated carbocycles. The van der Waals surface area contributed by atoms with Crippen molar-refractivity contribution < 1.29 is 0 Å². The van der Waals surface area contributed by atoms with E-state index in [2.05, 4.69) is 26.1 Å². The maximum Gasteiger partial charge on any atom is 0.190 e. The Bertz CT molecular complexity index is 334. The fraction of sp³-hybridized carbons (Fsp3) is 0.818. The van der Waals surface area contributed by atoms with Gasteiger partial charge < -0.3 is 4.57 Å². The monoisotopic (exact) mass is 303 g/mol. The van der Waals surface area contributed by atoms with Crippen molar-refractivity contribution in [3.63, 3.8) is 0 Å². The van der Waals surface area contributed by atoms with Crippen molar-refractivity contribution in [1.29, 1.82) is 0 Å². The average molecular weight is 304 g/mol. The van der Waals surface area contributed by atoms with Gasteiger partial charge >= 0.3 is 0 Å². The molecule has 16 heavy (non-hydrogen) atoms. The highest BCUT2D eigenvalue weighted by molar-refractivity contribution is 9.09. The van der Waals surface area contributed by atoms with Gasteiger partial charge in [-0.25, -0.2) is 0 Å². The Morgan fingerprint density at radius 2 is 2.19 bits per heavy atom. The minimum absolute atomic E-state index is 0.481. The molecule has 1 fully saturated rings. The number of thioether (sulfide) groups is 1. The summed E-state index contributed by atoms with van der Waals surface area (Å²) in [6.45, 7) is 0. The van der Waals surface area contributed by atoms with Crippen molar-refractivity contribution in [3.8, 4) is 0 Å². The molecule has 90 valence electrons. The van der Waals surface area contributed by atoms with Crippen LogP contribution in [-0.4, -0.2) is 25.8 Å². The summed E-state index contributed by atoms with van der Waals surface area (Å²) < 4.78 is 2.00. The SMILES string of the molecule is Cn1cnnc1SCC1(CBr)CCCCC1. The lowest BCUT2D eigenvalue weighted by Crippen LogP contribution is -2.28. The van der Waals surface area contributed by atoms with Gasteiger partial charge in [-0.05, 0) is 18.3 Å². The number of alkyl halides is 1. The van der Waals surface area contributed by atoms with E-state index in [4.69, 9.17) is 0 Å². The molecular weight excluding hydrogens is 286 g/mol. The molecule has 1 aromatic heterocycles. The van der Waals surface area contributed by atoms with E-state index in [-0.39, 0.29) is 0 Å². The predicted octanol–water partition coefficient (Wildman–Crippen LogP) is 3.25. The van der Waals surface area contributed by atoms with E-state index in [9.17, 15) is 0 Å². The quantitative estimate of drug-likeness (QED) is 0.632. The highest BCUT2D eigenvalue weighted by Crippen LogP contribution is 2.41. The lowest BCUT2D eigenvalue weighted by Gasteiger charge is -2.35. The van der Waals surface area contributed by atoms with Crippen LogP contribution in [0.4, 0.5) is 0 Å². The van der Waals surface area contributed by atoms with Crippen molar-refractivity contribution in [3.05, 3.63) is 6.33 Å². The van der Waals surface area contributed by atoms with E-state index in [0.29, 0.717) is 5.41 Å². The first-order chi connectivity index (χ1) is 7.76. The molecule has 5 heteroatoms. The van der Waals surface area contributed by atoms with Gasteiger partial charge in [-0.2, -0.15) is 0 Å². The van der Waals surface area contributed by atoms with Gasteiger partial charge in [-0.3, -0.25) is 0 Å². The zero-order valence-corrected chi connectivity index (χ0v) is 12.1. The number of rotatable bonds is 4. The van der Waals surface area contributed by atoms with Gasteiger partial charge in [0.15, 0.2) is 5.16 Å². The normalized spacial score (nSPS) is 19.9. The molecule has 0 atom stereocenters. The Morgan fingerprint density at radius 3 is 2.75 bits per heavy atom. The molecule has 2 rings (SSSR count). The number of hydrogen-bond acceptors (Lipinski definition) is 3. The molecule has 1 aliphatic rings. The van der Waals surface area contributed by atoms with E-state index in [1.165, 1.54) is 32.1 Å². The molecule has 0 radical (unpaired) electrons. The Kier molecular flexibility index (Phi) is 4.30. The summed E-state index contributed by atoms with van der Waals surface area (Å²) in [4.78, 5) is 0. The largest absolute Gasteiger partial charge is 0.312 e. The first-order valence-electron chi connectivity index (χ1n) is 5.79. The summed E-state index contributed by atoms with van der Waals surface area (Å²) in [6.07, 6.45) is 8.63. The standard InChI is InChI=1S/C11H18BrN3S/c1-15-9-13-14-10(15)16-8-11(7-12)5-3-2-4-6-11/h9H,2-8H2,1H3. The van der Waals surface area contributed by atoms with Crippen molar-refractivity contribution in [2.75, 3.05) is 11.1 Å². The molecule has 1 aliphatic carbocycles. The fourth-order valence-electron chi connectivity index (χ4n) is 2.24. The van der Waals surface area contributed by atoms with Crippen LogP contribution in [0.15, 0.2) is 11.5 Å². The summed E-state index contributed by atoms with van der Waals surface area (Å²) in [6, 6.07) is 0. The van der Waals surface area contributed by atoms with Crippen molar-refractivity contribution in [2.24, 2.45) is 12.5 Å². The molecule has 3 nitrogen and oxygen atoms in total. The summed E-state index contributed by atoms with van der Waals surface area (Å²) in [5.41, 5.74) is 0.481. The molecule has 0 saturated heterocycles. The van der Waals surface area contributed by atoms with Gasteiger partial charge in [0.25, 0.3) is 0 Å². The van der Waals surface area contributed by atoms with Gasteiger partial charge in [0.2, 0.25) is 0 Å². The predicted molar refractivity (Wildman–Crippen MR) is 71.0 cm³/mol. The van der Waals surface area contributed by atoms with E-state index < -0.39 is 0 Å². The van der Waals surface area contributed by atoms with Gasteiger partial charge in [0.05, 0.1) is 0 Å². The molecule has 1 heterocycles. The molecule has 0 unspecified atom stereocenters. The second kappa shape index (κ2) is 5.54. The number of hydrogen-bond donors (Lipinski definition) is 0. The van der Waals surface area contributed by atoms with Crippen molar-refractivity contribution in [1.82, 2.24) is 14.8 Å². The van der Waals surface area contributed by atoms with Crippen LogP contribution < -0.4 is 0 Å². The van der Waals surface area contributed by atoms with Gasteiger partial charge in [-0.1, -0.05) is 47.0 Å². The molecule has 0 bridgehead atoms. The minimum Gasteiger partial charge on any atom is -0.312 e. The summed E-state index contributed by atoms with van der Waals surface area (Å²) >= 11 is 5.54. The zero-order valence-electron chi connectivity index (χ0n) is 9.65. The van der Waals surface area contributed by atoms with E-state index in [1.54, 1.807) is 6.33 Å². The van der Waals surface area contributed by atoms with Crippen LogP contribution in [0.25, 0.3) is 0 Å². The Labute approximate surface area is 110 Å². The van der Waals surface area contributed by atoms with Crippen LogP contribution in [0, 0.1) is 5.41 Å². The molecule has 0 N–H and O–H groups in total. The van der Waals surface area contributed by atoms with Crippen LogP contribution in [0.2, 0.25) is 0 Å². The molecule has 0 spiro atoms. The number of aromatic nitrogens is 3. The molecular formula is C11H18BrN3S. The lowest BCUT2D eigenvalue weighted by molar-refractivity contribution is 0.260. The summed E-state index contributed by atoms with van der Waals surface area (Å²) in [7, 11) is 2.00. The first kappa shape index (κ1) is 12.4. The highest BCUT2D eigenvalue weighted by Gasteiger charge is 2.31. The van der Waals surface area contributed by atoms with Gasteiger partial charge in [-0.15, -0.1) is 10.2 Å². The minimum atomic E-state index is 0.481. The van der Waals surface area contributed by atoms with Crippen LogP contribution in [0.5, 0.6) is 0 Å². The molecule has 0 aliphatic heterocycles. The van der Waals surface area contributed by atoms with Crippen LogP contribution in [-0.2, 0) is 7.05 Å². The lowest BCUT2D eigenvalue weighted by atomic mass is 9.77. The number of aryl methyl sites for hydroxylation is 1. The maximum atomic E-state index is 4.13. The van der Waals surface area contributed by atoms with Gasteiger partial charge in [0, 0.05) is 18.1 Å². The third-order valence-corrected chi connectivity index (χ3v) is 5.95. The maximum absolute atomic E-state index is 4.13. The zero-order chi connectivity index (χ0) is 11.4. The molecule has 0 aromatic carbocycles. The van der Waals surface area contributed by atoms with Gasteiger partial charge in [0.1, 0.15) is 6.33 Å². The van der Waals surface area contributed by atoms with Crippen molar-refractivity contribution in [2.45, 2.75) is 37.3 Å². The third kappa shape index (κ3) is 2.80. The van der Waals surface area contributed by atoms with E-state index >= 15 is 0 Å². The average Bonchev–Trinajstić information content (AvgIpc) is 2.74. The fourth-order valence-corrected chi connectivity index (χ4v) is 4.44. The third-order valence-electron chi connectivity index (χ3n) is 3.37. The van der Waals surface area contributed by atoms with Crippen LogP contribution in [0.3, 0.4) is 0 Å². The number of nitrogens with zero attached hydrogens (tertiary/aromatic N) is 3. The second-order valence-corrected chi connectivity index (χ2v) is 6.21. The van der Waals surface area contributed by atoms with E-state index in [1.807, 2.05) is 23.4 Å². The van der Waals surface area contributed by atoms with Crippen LogP contribution >= 0.6 is 27.7 Å². The van der Waals surface area contributed by atoms with Crippen molar-refractivity contribution >= 4 is 27.7 Å². The first-order valence-corrected chi connectivity index (χ1v) is 7.89.